The highest BCUT2D eigenvalue weighted by Gasteiger charge is 2.00. The van der Waals surface area contributed by atoms with Gasteiger partial charge in [0.25, 0.3) is 0 Å². The summed E-state index contributed by atoms with van der Waals surface area (Å²) in [5.74, 6) is 0.239. The van der Waals surface area contributed by atoms with E-state index in [9.17, 15) is 5.11 Å². The van der Waals surface area contributed by atoms with E-state index in [2.05, 4.69) is 6.58 Å². The van der Waals surface area contributed by atoms with Crippen LogP contribution in [0.5, 0.6) is 5.75 Å². The molecule has 0 fully saturated rings. The summed E-state index contributed by atoms with van der Waals surface area (Å²) in [5.41, 5.74) is 6.85. The Morgan fingerprint density at radius 1 is 1.45 bits per heavy atom. The lowest BCUT2D eigenvalue weighted by Crippen LogP contribution is -2.00. The highest BCUT2D eigenvalue weighted by molar-refractivity contribution is 5.69. The van der Waals surface area contributed by atoms with Crippen molar-refractivity contribution in [2.75, 3.05) is 6.54 Å². The number of benzene rings is 1. The molecule has 2 nitrogen and oxygen atoms in total. The summed E-state index contributed by atoms with van der Waals surface area (Å²) in [5, 5.41) is 9.30. The smallest absolute Gasteiger partial charge is 0.123 e. The Hall–Kier alpha value is -1.28. The van der Waals surface area contributed by atoms with Crippen LogP contribution in [0.1, 0.15) is 5.56 Å². The third-order valence-corrected chi connectivity index (χ3v) is 1.53. The average molecular weight is 149 g/mol. The molecule has 0 radical (unpaired) electrons. The van der Waals surface area contributed by atoms with Gasteiger partial charge in [-0.25, -0.2) is 0 Å². The lowest BCUT2D eigenvalue weighted by atomic mass is 10.1. The van der Waals surface area contributed by atoms with E-state index in [1.807, 2.05) is 6.07 Å². The van der Waals surface area contributed by atoms with Crippen molar-refractivity contribution in [1.82, 2.24) is 0 Å². The SMILES string of the molecule is C=C(CN)c1ccccc1O. The summed E-state index contributed by atoms with van der Waals surface area (Å²) >= 11 is 0. The van der Waals surface area contributed by atoms with E-state index in [0.717, 1.165) is 11.1 Å². The molecular formula is C9H11NO. The summed E-state index contributed by atoms with van der Waals surface area (Å²) in [6.45, 7) is 4.09. The second-order valence-electron chi connectivity index (χ2n) is 2.32. The molecule has 11 heavy (non-hydrogen) atoms. The Morgan fingerprint density at radius 2 is 2.09 bits per heavy atom. The molecule has 58 valence electrons. The largest absolute Gasteiger partial charge is 0.507 e. The minimum Gasteiger partial charge on any atom is -0.507 e. The van der Waals surface area contributed by atoms with Crippen molar-refractivity contribution in [3.63, 3.8) is 0 Å². The normalized spacial score (nSPS) is 9.55. The van der Waals surface area contributed by atoms with Gasteiger partial charge in [0.05, 0.1) is 0 Å². The van der Waals surface area contributed by atoms with Crippen LogP contribution in [0.3, 0.4) is 0 Å². The molecule has 1 rings (SSSR count). The van der Waals surface area contributed by atoms with Crippen LogP contribution in [0.15, 0.2) is 30.8 Å². The Labute approximate surface area is 66.0 Å². The fraction of sp³-hybridized carbons (Fsp3) is 0.111. The lowest BCUT2D eigenvalue weighted by Gasteiger charge is -2.03. The molecule has 1 aromatic rings. The van der Waals surface area contributed by atoms with Crippen LogP contribution in [-0.2, 0) is 0 Å². The quantitative estimate of drug-likeness (QED) is 0.667. The first-order valence-corrected chi connectivity index (χ1v) is 3.42. The highest BCUT2D eigenvalue weighted by atomic mass is 16.3. The van der Waals surface area contributed by atoms with Crippen LogP contribution in [0.4, 0.5) is 0 Å². The zero-order valence-corrected chi connectivity index (χ0v) is 6.25. The maximum Gasteiger partial charge on any atom is 0.123 e. The number of phenolic OH excluding ortho intramolecular Hbond substituents is 1. The number of rotatable bonds is 2. The van der Waals surface area contributed by atoms with E-state index in [0.29, 0.717) is 6.54 Å². The van der Waals surface area contributed by atoms with Gasteiger partial charge in [-0.2, -0.15) is 0 Å². The van der Waals surface area contributed by atoms with Gasteiger partial charge in [-0.05, 0) is 11.6 Å². The van der Waals surface area contributed by atoms with Crippen LogP contribution in [0.2, 0.25) is 0 Å². The fourth-order valence-electron chi connectivity index (χ4n) is 0.883. The maximum absolute atomic E-state index is 9.30. The number of nitrogens with two attached hydrogens (primary N) is 1. The molecule has 0 saturated carbocycles. The third-order valence-electron chi connectivity index (χ3n) is 1.53. The predicted molar refractivity (Wildman–Crippen MR) is 46.2 cm³/mol. The molecule has 0 aliphatic heterocycles. The highest BCUT2D eigenvalue weighted by Crippen LogP contribution is 2.21. The Morgan fingerprint density at radius 3 is 2.64 bits per heavy atom. The molecule has 0 bridgehead atoms. The second kappa shape index (κ2) is 3.21. The van der Waals surface area contributed by atoms with Crippen LogP contribution in [-0.4, -0.2) is 11.7 Å². The van der Waals surface area contributed by atoms with E-state index in [1.54, 1.807) is 18.2 Å². The molecule has 0 aromatic heterocycles. The average Bonchev–Trinajstić information content (AvgIpc) is 2.04. The Kier molecular flexibility index (Phi) is 2.28. The van der Waals surface area contributed by atoms with E-state index in [4.69, 9.17) is 5.73 Å². The topological polar surface area (TPSA) is 46.2 Å². The van der Waals surface area contributed by atoms with Crippen molar-refractivity contribution < 1.29 is 5.11 Å². The van der Waals surface area contributed by atoms with Gasteiger partial charge in [-0.1, -0.05) is 24.8 Å². The van der Waals surface area contributed by atoms with Crippen molar-refractivity contribution in [2.45, 2.75) is 0 Å². The van der Waals surface area contributed by atoms with Crippen LogP contribution >= 0.6 is 0 Å². The molecule has 0 unspecified atom stereocenters. The summed E-state index contributed by atoms with van der Waals surface area (Å²) < 4.78 is 0. The van der Waals surface area contributed by atoms with Crippen LogP contribution < -0.4 is 5.73 Å². The van der Waals surface area contributed by atoms with Crippen molar-refractivity contribution in [3.8, 4) is 5.75 Å². The maximum atomic E-state index is 9.30. The fourth-order valence-corrected chi connectivity index (χ4v) is 0.883. The molecule has 0 atom stereocenters. The van der Waals surface area contributed by atoms with E-state index >= 15 is 0 Å². The zero-order chi connectivity index (χ0) is 8.27. The number of hydrogen-bond acceptors (Lipinski definition) is 2. The predicted octanol–water partition coefficient (Wildman–Crippen LogP) is 1.36. The molecule has 2 heteroatoms. The third kappa shape index (κ3) is 1.59. The van der Waals surface area contributed by atoms with Gasteiger partial charge in [0, 0.05) is 12.1 Å². The summed E-state index contributed by atoms with van der Waals surface area (Å²) in [6, 6.07) is 7.03. The van der Waals surface area contributed by atoms with Gasteiger partial charge < -0.3 is 10.8 Å². The molecule has 0 aliphatic carbocycles. The van der Waals surface area contributed by atoms with Gasteiger partial charge in [0.15, 0.2) is 0 Å². The second-order valence-corrected chi connectivity index (χ2v) is 2.32. The molecule has 0 aliphatic rings. The van der Waals surface area contributed by atoms with E-state index in [-0.39, 0.29) is 5.75 Å². The first-order valence-electron chi connectivity index (χ1n) is 3.42. The molecule has 0 amide bonds. The molecular weight excluding hydrogens is 138 g/mol. The first-order chi connectivity index (χ1) is 5.25. The van der Waals surface area contributed by atoms with Gasteiger partial charge in [-0.15, -0.1) is 0 Å². The summed E-state index contributed by atoms with van der Waals surface area (Å²) in [7, 11) is 0. The van der Waals surface area contributed by atoms with Crippen LogP contribution in [0, 0.1) is 0 Å². The lowest BCUT2D eigenvalue weighted by molar-refractivity contribution is 0.473. The number of aromatic hydroxyl groups is 1. The monoisotopic (exact) mass is 149 g/mol. The molecule has 1 aromatic carbocycles. The summed E-state index contributed by atoms with van der Waals surface area (Å²) in [6.07, 6.45) is 0. The Balaban J connectivity index is 3.03. The van der Waals surface area contributed by atoms with Crippen LogP contribution in [0.25, 0.3) is 5.57 Å². The molecule has 0 heterocycles. The zero-order valence-electron chi connectivity index (χ0n) is 6.25. The van der Waals surface area contributed by atoms with Crippen molar-refractivity contribution >= 4 is 5.57 Å². The number of para-hydroxylation sites is 1. The van der Waals surface area contributed by atoms with E-state index in [1.165, 1.54) is 0 Å². The van der Waals surface area contributed by atoms with Crippen molar-refractivity contribution in [3.05, 3.63) is 36.4 Å². The van der Waals surface area contributed by atoms with E-state index < -0.39 is 0 Å². The standard InChI is InChI=1S/C9H11NO/c1-7(6-10)8-4-2-3-5-9(8)11/h2-5,11H,1,6,10H2. The number of hydrogen-bond donors (Lipinski definition) is 2. The number of phenols is 1. The van der Waals surface area contributed by atoms with Crippen molar-refractivity contribution in [1.29, 1.82) is 0 Å². The van der Waals surface area contributed by atoms with Gasteiger partial charge in [0.1, 0.15) is 5.75 Å². The minimum absolute atomic E-state index is 0.239. The van der Waals surface area contributed by atoms with Gasteiger partial charge in [0.2, 0.25) is 0 Å². The molecule has 0 saturated heterocycles. The molecule has 3 N–H and O–H groups in total. The molecule has 0 spiro atoms. The Bertz CT molecular complexity index is 268. The first kappa shape index (κ1) is 7.82. The van der Waals surface area contributed by atoms with Crippen molar-refractivity contribution in [2.24, 2.45) is 5.73 Å². The minimum atomic E-state index is 0.239. The summed E-state index contributed by atoms with van der Waals surface area (Å²) in [4.78, 5) is 0. The van der Waals surface area contributed by atoms with Gasteiger partial charge in [-0.3, -0.25) is 0 Å². The van der Waals surface area contributed by atoms with Gasteiger partial charge >= 0.3 is 0 Å².